The molecule has 1 unspecified atom stereocenters. The Morgan fingerprint density at radius 2 is 2.29 bits per heavy atom. The van der Waals surface area contributed by atoms with Gasteiger partial charge in [0, 0.05) is 10.7 Å². The van der Waals surface area contributed by atoms with E-state index in [-0.39, 0.29) is 5.92 Å². The maximum absolute atomic E-state index is 12.8. The molecule has 1 atom stereocenters. The summed E-state index contributed by atoms with van der Waals surface area (Å²) >= 11 is 5.07. The summed E-state index contributed by atoms with van der Waals surface area (Å²) in [6.07, 6.45) is 3.78. The standard InChI is InChI=1S/C12H8BrFN2S/c13-8-2-3-9-10(5-8)17-12(16-9)7-1-4-11(14)15-6-7/h2-7H,1H2. The highest BCUT2D eigenvalue weighted by Crippen LogP contribution is 2.32. The molecule has 0 saturated carbocycles. The number of allylic oxidation sites excluding steroid dienone is 1. The number of aromatic nitrogens is 1. The molecule has 0 aliphatic carbocycles. The van der Waals surface area contributed by atoms with Gasteiger partial charge in [0.2, 0.25) is 5.95 Å². The van der Waals surface area contributed by atoms with Crippen LogP contribution >= 0.6 is 27.3 Å². The van der Waals surface area contributed by atoms with Crippen LogP contribution in [0.25, 0.3) is 10.2 Å². The third-order valence-corrected chi connectivity index (χ3v) is 4.25. The minimum atomic E-state index is -0.398. The van der Waals surface area contributed by atoms with E-state index in [1.54, 1.807) is 17.6 Å². The first-order chi connectivity index (χ1) is 8.22. The Labute approximate surface area is 110 Å². The molecule has 3 rings (SSSR count). The predicted octanol–water partition coefficient (Wildman–Crippen LogP) is 4.43. The summed E-state index contributed by atoms with van der Waals surface area (Å²) < 4.78 is 15.0. The molecule has 0 bridgehead atoms. The molecular formula is C12H8BrFN2S. The quantitative estimate of drug-likeness (QED) is 0.715. The number of hydrogen-bond acceptors (Lipinski definition) is 3. The summed E-state index contributed by atoms with van der Waals surface area (Å²) in [7, 11) is 0. The van der Waals surface area contributed by atoms with Gasteiger partial charge in [-0.05, 0) is 30.7 Å². The Kier molecular flexibility index (Phi) is 2.80. The van der Waals surface area contributed by atoms with Gasteiger partial charge in [-0.1, -0.05) is 15.9 Å². The highest BCUT2D eigenvalue weighted by atomic mass is 79.9. The van der Waals surface area contributed by atoms with Crippen molar-refractivity contribution in [3.63, 3.8) is 0 Å². The topological polar surface area (TPSA) is 25.2 Å². The molecule has 2 nitrogen and oxygen atoms in total. The molecule has 0 N–H and O–H groups in total. The van der Waals surface area contributed by atoms with Crippen LogP contribution in [-0.2, 0) is 0 Å². The molecule has 2 heterocycles. The molecule has 5 heteroatoms. The van der Waals surface area contributed by atoms with Crippen LogP contribution < -0.4 is 0 Å². The molecule has 1 aromatic carbocycles. The minimum absolute atomic E-state index is 0.102. The van der Waals surface area contributed by atoms with E-state index in [2.05, 4.69) is 25.9 Å². The first-order valence-corrected chi connectivity index (χ1v) is 6.79. The maximum Gasteiger partial charge on any atom is 0.208 e. The SMILES string of the molecule is FC1=CCC(c2nc3ccc(Br)cc3s2)C=N1. The van der Waals surface area contributed by atoms with E-state index >= 15 is 0 Å². The van der Waals surface area contributed by atoms with Crippen LogP contribution in [0.5, 0.6) is 0 Å². The number of fused-ring (bicyclic) bond motifs is 1. The number of benzene rings is 1. The minimum Gasteiger partial charge on any atom is -0.240 e. The number of thiazole rings is 1. The number of nitrogens with zero attached hydrogens (tertiary/aromatic N) is 2. The van der Waals surface area contributed by atoms with Crippen molar-refractivity contribution in [2.45, 2.75) is 12.3 Å². The Bertz CT molecular complexity index is 632. The number of halogens is 2. The zero-order chi connectivity index (χ0) is 11.8. The second-order valence-electron chi connectivity index (χ2n) is 3.81. The molecule has 0 spiro atoms. The van der Waals surface area contributed by atoms with Crippen LogP contribution in [0.1, 0.15) is 17.3 Å². The average Bonchev–Trinajstić information content (AvgIpc) is 2.72. The van der Waals surface area contributed by atoms with Crippen molar-refractivity contribution in [1.82, 2.24) is 4.98 Å². The van der Waals surface area contributed by atoms with Gasteiger partial charge in [0.15, 0.2) is 0 Å². The lowest BCUT2D eigenvalue weighted by atomic mass is 10.1. The Morgan fingerprint density at radius 3 is 3.06 bits per heavy atom. The van der Waals surface area contributed by atoms with Gasteiger partial charge in [0.05, 0.1) is 16.1 Å². The highest BCUT2D eigenvalue weighted by Gasteiger charge is 2.16. The Hall–Kier alpha value is -1.07. The monoisotopic (exact) mass is 310 g/mol. The van der Waals surface area contributed by atoms with Crippen LogP contribution in [0, 0.1) is 0 Å². The van der Waals surface area contributed by atoms with Gasteiger partial charge in [-0.3, -0.25) is 0 Å². The molecule has 86 valence electrons. The molecule has 1 aromatic heterocycles. The molecule has 0 radical (unpaired) electrons. The lowest BCUT2D eigenvalue weighted by molar-refractivity contribution is 0.611. The first kappa shape index (κ1) is 11.0. The third kappa shape index (κ3) is 2.17. The fourth-order valence-corrected chi connectivity index (χ4v) is 3.33. The van der Waals surface area contributed by atoms with Crippen molar-refractivity contribution in [2.75, 3.05) is 0 Å². The lowest BCUT2D eigenvalue weighted by Crippen LogP contribution is -2.01. The van der Waals surface area contributed by atoms with Crippen LogP contribution in [0.2, 0.25) is 0 Å². The van der Waals surface area contributed by atoms with Gasteiger partial charge in [0.25, 0.3) is 0 Å². The van der Waals surface area contributed by atoms with E-state index in [4.69, 9.17) is 0 Å². The van der Waals surface area contributed by atoms with Gasteiger partial charge in [-0.15, -0.1) is 11.3 Å². The summed E-state index contributed by atoms with van der Waals surface area (Å²) in [5, 5.41) is 0.991. The van der Waals surface area contributed by atoms with Crippen molar-refractivity contribution in [3.8, 4) is 0 Å². The molecule has 0 fully saturated rings. The number of rotatable bonds is 1. The lowest BCUT2D eigenvalue weighted by Gasteiger charge is -2.08. The van der Waals surface area contributed by atoms with Gasteiger partial charge in [-0.2, -0.15) is 4.39 Å². The fourth-order valence-electron chi connectivity index (χ4n) is 1.74. The van der Waals surface area contributed by atoms with Crippen molar-refractivity contribution < 1.29 is 4.39 Å². The van der Waals surface area contributed by atoms with Crippen molar-refractivity contribution in [3.05, 3.63) is 39.7 Å². The third-order valence-electron chi connectivity index (χ3n) is 2.60. The molecule has 1 aliphatic heterocycles. The van der Waals surface area contributed by atoms with Crippen molar-refractivity contribution in [1.29, 1.82) is 0 Å². The Morgan fingerprint density at radius 1 is 1.41 bits per heavy atom. The highest BCUT2D eigenvalue weighted by molar-refractivity contribution is 9.10. The van der Waals surface area contributed by atoms with E-state index < -0.39 is 5.95 Å². The smallest absolute Gasteiger partial charge is 0.208 e. The zero-order valence-corrected chi connectivity index (χ0v) is 11.1. The second kappa shape index (κ2) is 4.31. The maximum atomic E-state index is 12.8. The average molecular weight is 311 g/mol. The number of aliphatic imine (C=N–C) groups is 1. The van der Waals surface area contributed by atoms with Crippen LogP contribution in [0.4, 0.5) is 4.39 Å². The summed E-state index contributed by atoms with van der Waals surface area (Å²) in [6, 6.07) is 6.00. The predicted molar refractivity (Wildman–Crippen MR) is 72.4 cm³/mol. The zero-order valence-electron chi connectivity index (χ0n) is 8.73. The molecule has 2 aromatic rings. The van der Waals surface area contributed by atoms with E-state index in [1.165, 1.54) is 6.08 Å². The fraction of sp³-hybridized carbons (Fsp3) is 0.167. The van der Waals surface area contributed by atoms with E-state index in [9.17, 15) is 4.39 Å². The molecule has 0 amide bonds. The Balaban J connectivity index is 1.99. The largest absolute Gasteiger partial charge is 0.240 e. The normalized spacial score (nSPS) is 19.6. The molecule has 1 aliphatic rings. The van der Waals surface area contributed by atoms with Gasteiger partial charge >= 0.3 is 0 Å². The van der Waals surface area contributed by atoms with Gasteiger partial charge in [-0.25, -0.2) is 9.98 Å². The summed E-state index contributed by atoms with van der Waals surface area (Å²) in [5.74, 6) is -0.296. The summed E-state index contributed by atoms with van der Waals surface area (Å²) in [5.41, 5.74) is 0.983. The summed E-state index contributed by atoms with van der Waals surface area (Å²) in [4.78, 5) is 8.26. The number of hydrogen-bond donors (Lipinski definition) is 0. The van der Waals surface area contributed by atoms with Crippen LogP contribution in [0.15, 0.2) is 39.7 Å². The van der Waals surface area contributed by atoms with Gasteiger partial charge < -0.3 is 0 Å². The molecule has 0 saturated heterocycles. The molecular weight excluding hydrogens is 303 g/mol. The van der Waals surface area contributed by atoms with E-state index in [0.717, 1.165) is 19.7 Å². The van der Waals surface area contributed by atoms with Crippen LogP contribution in [0.3, 0.4) is 0 Å². The first-order valence-electron chi connectivity index (χ1n) is 5.18. The van der Waals surface area contributed by atoms with E-state index in [1.807, 2.05) is 18.2 Å². The second-order valence-corrected chi connectivity index (χ2v) is 5.79. The van der Waals surface area contributed by atoms with E-state index in [0.29, 0.717) is 6.42 Å². The van der Waals surface area contributed by atoms with Gasteiger partial charge in [0.1, 0.15) is 5.01 Å². The molecule has 17 heavy (non-hydrogen) atoms. The van der Waals surface area contributed by atoms with Crippen molar-refractivity contribution in [2.24, 2.45) is 4.99 Å². The van der Waals surface area contributed by atoms with Crippen molar-refractivity contribution >= 4 is 43.7 Å². The van der Waals surface area contributed by atoms with Crippen LogP contribution in [-0.4, -0.2) is 11.2 Å². The summed E-state index contributed by atoms with van der Waals surface area (Å²) in [6.45, 7) is 0.